The van der Waals surface area contributed by atoms with Gasteiger partial charge in [0.2, 0.25) is 0 Å². The zero-order valence-electron chi connectivity index (χ0n) is 12.0. The quantitative estimate of drug-likeness (QED) is 0.853. The molecule has 1 unspecified atom stereocenters. The monoisotopic (exact) mass is 365 g/mol. The van der Waals surface area contributed by atoms with Crippen LogP contribution >= 0.6 is 27.5 Å². The van der Waals surface area contributed by atoms with Gasteiger partial charge in [-0.1, -0.05) is 45.7 Å². The van der Waals surface area contributed by atoms with Crippen LogP contribution in [0.15, 0.2) is 34.8 Å². The van der Waals surface area contributed by atoms with Gasteiger partial charge in [0.15, 0.2) is 0 Å². The first-order chi connectivity index (χ1) is 10.1. The summed E-state index contributed by atoms with van der Waals surface area (Å²) in [5.74, 6) is 0.979. The number of ether oxygens (including phenoxy) is 1. The van der Waals surface area contributed by atoms with Gasteiger partial charge < -0.3 is 10.1 Å². The highest BCUT2D eigenvalue weighted by Gasteiger charge is 2.25. The maximum atomic E-state index is 6.29. The molecular formula is C17H17BrClNO. The predicted octanol–water partition coefficient (Wildman–Crippen LogP) is 4.65. The van der Waals surface area contributed by atoms with Gasteiger partial charge in [0, 0.05) is 21.5 Å². The summed E-state index contributed by atoms with van der Waals surface area (Å²) in [5.41, 5.74) is 4.70. The van der Waals surface area contributed by atoms with E-state index in [1.807, 2.05) is 19.2 Å². The van der Waals surface area contributed by atoms with Crippen molar-refractivity contribution in [3.8, 4) is 5.75 Å². The molecule has 2 aromatic carbocycles. The van der Waals surface area contributed by atoms with E-state index in [1.54, 1.807) is 0 Å². The lowest BCUT2D eigenvalue weighted by atomic mass is 9.95. The van der Waals surface area contributed by atoms with E-state index >= 15 is 0 Å². The minimum absolute atomic E-state index is 0.0461. The van der Waals surface area contributed by atoms with E-state index in [2.05, 4.69) is 46.4 Å². The first-order valence-corrected chi connectivity index (χ1v) is 8.16. The fraction of sp³-hybridized carbons (Fsp3) is 0.294. The predicted molar refractivity (Wildman–Crippen MR) is 90.4 cm³/mol. The number of fused-ring (bicyclic) bond motifs is 1. The molecule has 0 amide bonds. The average Bonchev–Trinajstić information content (AvgIpc) is 2.92. The fourth-order valence-electron chi connectivity index (χ4n) is 2.88. The first kappa shape index (κ1) is 14.9. The Hall–Kier alpha value is -1.03. The number of halogens is 2. The van der Waals surface area contributed by atoms with Crippen molar-refractivity contribution >= 4 is 27.5 Å². The van der Waals surface area contributed by atoms with Gasteiger partial charge >= 0.3 is 0 Å². The Bertz CT molecular complexity index is 687. The van der Waals surface area contributed by atoms with Gasteiger partial charge in [0.25, 0.3) is 0 Å². The number of benzene rings is 2. The van der Waals surface area contributed by atoms with Crippen molar-refractivity contribution in [1.29, 1.82) is 0 Å². The third-order valence-electron chi connectivity index (χ3n) is 3.91. The second-order valence-corrected chi connectivity index (χ2v) is 6.51. The third-order valence-corrected chi connectivity index (χ3v) is 5.21. The molecule has 2 nitrogen and oxygen atoms in total. The van der Waals surface area contributed by atoms with Crippen LogP contribution in [0.1, 0.15) is 28.3 Å². The minimum Gasteiger partial charge on any atom is -0.493 e. The molecule has 4 heteroatoms. The number of aryl methyl sites for hydroxylation is 1. The Morgan fingerprint density at radius 3 is 2.86 bits per heavy atom. The van der Waals surface area contributed by atoms with E-state index < -0.39 is 0 Å². The zero-order valence-corrected chi connectivity index (χ0v) is 14.4. The topological polar surface area (TPSA) is 21.3 Å². The highest BCUT2D eigenvalue weighted by atomic mass is 79.9. The van der Waals surface area contributed by atoms with Crippen LogP contribution in [-0.4, -0.2) is 13.7 Å². The summed E-state index contributed by atoms with van der Waals surface area (Å²) in [6, 6.07) is 10.3. The average molecular weight is 367 g/mol. The number of rotatable bonds is 3. The normalized spacial score (nSPS) is 14.7. The number of hydrogen-bond donors (Lipinski definition) is 1. The smallest absolute Gasteiger partial charge is 0.127 e. The second kappa shape index (κ2) is 5.99. The second-order valence-electron chi connectivity index (χ2n) is 5.28. The Labute approximate surface area is 138 Å². The van der Waals surface area contributed by atoms with Crippen LogP contribution in [-0.2, 0) is 6.42 Å². The largest absolute Gasteiger partial charge is 0.493 e. The zero-order chi connectivity index (χ0) is 15.0. The van der Waals surface area contributed by atoms with Crippen molar-refractivity contribution < 1.29 is 4.74 Å². The SMILES string of the molecule is CNC(c1cccc(C)c1Br)c1cc(Cl)cc2c1OCC2. The van der Waals surface area contributed by atoms with Gasteiger partial charge in [-0.2, -0.15) is 0 Å². The summed E-state index contributed by atoms with van der Waals surface area (Å²) in [6.45, 7) is 2.83. The molecule has 1 aliphatic heterocycles. The van der Waals surface area contributed by atoms with Crippen LogP contribution in [0.4, 0.5) is 0 Å². The summed E-state index contributed by atoms with van der Waals surface area (Å²) in [7, 11) is 1.96. The van der Waals surface area contributed by atoms with Crippen LogP contribution in [0.25, 0.3) is 0 Å². The maximum Gasteiger partial charge on any atom is 0.127 e. The molecule has 1 N–H and O–H groups in total. The molecule has 0 saturated carbocycles. The maximum absolute atomic E-state index is 6.29. The third kappa shape index (κ3) is 2.70. The summed E-state index contributed by atoms with van der Waals surface area (Å²) < 4.78 is 6.97. The molecule has 110 valence electrons. The first-order valence-electron chi connectivity index (χ1n) is 6.99. The Kier molecular flexibility index (Phi) is 4.25. The van der Waals surface area contributed by atoms with Gasteiger partial charge in [-0.05, 0) is 42.8 Å². The minimum atomic E-state index is 0.0461. The molecule has 1 aliphatic rings. The van der Waals surface area contributed by atoms with Crippen LogP contribution in [0.2, 0.25) is 5.02 Å². The van der Waals surface area contributed by atoms with Gasteiger partial charge in [-0.25, -0.2) is 0 Å². The Balaban J connectivity index is 2.15. The van der Waals surface area contributed by atoms with Crippen molar-refractivity contribution in [2.75, 3.05) is 13.7 Å². The molecular weight excluding hydrogens is 350 g/mol. The molecule has 3 rings (SSSR count). The van der Waals surface area contributed by atoms with E-state index in [0.717, 1.165) is 33.8 Å². The molecule has 0 bridgehead atoms. The van der Waals surface area contributed by atoms with E-state index in [-0.39, 0.29) is 6.04 Å². The summed E-state index contributed by atoms with van der Waals surface area (Å²) >= 11 is 10.00. The summed E-state index contributed by atoms with van der Waals surface area (Å²) in [5, 5.41) is 4.15. The molecule has 21 heavy (non-hydrogen) atoms. The van der Waals surface area contributed by atoms with Crippen molar-refractivity contribution in [2.24, 2.45) is 0 Å². The van der Waals surface area contributed by atoms with Crippen LogP contribution in [0.3, 0.4) is 0 Å². The van der Waals surface area contributed by atoms with E-state index in [4.69, 9.17) is 16.3 Å². The van der Waals surface area contributed by atoms with Crippen molar-refractivity contribution in [3.63, 3.8) is 0 Å². The van der Waals surface area contributed by atoms with Crippen LogP contribution in [0, 0.1) is 6.92 Å². The molecule has 0 spiro atoms. The molecule has 0 aliphatic carbocycles. The fourth-order valence-corrected chi connectivity index (χ4v) is 3.63. The van der Waals surface area contributed by atoms with E-state index in [0.29, 0.717) is 0 Å². The Morgan fingerprint density at radius 2 is 2.10 bits per heavy atom. The van der Waals surface area contributed by atoms with Crippen molar-refractivity contribution in [1.82, 2.24) is 5.32 Å². The number of nitrogens with one attached hydrogen (secondary N) is 1. The van der Waals surface area contributed by atoms with Crippen LogP contribution < -0.4 is 10.1 Å². The molecule has 0 aromatic heterocycles. The molecule has 1 heterocycles. The van der Waals surface area contributed by atoms with Gasteiger partial charge in [0.05, 0.1) is 12.6 Å². The summed E-state index contributed by atoms with van der Waals surface area (Å²) in [6.07, 6.45) is 0.925. The Morgan fingerprint density at radius 1 is 1.29 bits per heavy atom. The standard InChI is InChI=1S/C17H17BrClNO/c1-10-4-3-5-13(15(10)18)16(20-2)14-9-12(19)8-11-6-7-21-17(11)14/h3-5,8-9,16,20H,6-7H2,1-2H3. The lowest BCUT2D eigenvalue weighted by Crippen LogP contribution is -2.19. The highest BCUT2D eigenvalue weighted by molar-refractivity contribution is 9.10. The molecule has 1 atom stereocenters. The van der Waals surface area contributed by atoms with Gasteiger partial charge in [-0.3, -0.25) is 0 Å². The number of hydrogen-bond acceptors (Lipinski definition) is 2. The molecule has 0 radical (unpaired) electrons. The van der Waals surface area contributed by atoms with E-state index in [1.165, 1.54) is 16.7 Å². The van der Waals surface area contributed by atoms with E-state index in [9.17, 15) is 0 Å². The highest BCUT2D eigenvalue weighted by Crippen LogP contribution is 2.40. The van der Waals surface area contributed by atoms with Gasteiger partial charge in [0.1, 0.15) is 5.75 Å². The van der Waals surface area contributed by atoms with Crippen molar-refractivity contribution in [3.05, 3.63) is 62.1 Å². The van der Waals surface area contributed by atoms with Crippen molar-refractivity contribution in [2.45, 2.75) is 19.4 Å². The molecule has 2 aromatic rings. The lowest BCUT2D eigenvalue weighted by molar-refractivity contribution is 0.351. The van der Waals surface area contributed by atoms with Crippen LogP contribution in [0.5, 0.6) is 5.75 Å². The molecule has 0 saturated heterocycles. The van der Waals surface area contributed by atoms with Gasteiger partial charge in [-0.15, -0.1) is 0 Å². The lowest BCUT2D eigenvalue weighted by Gasteiger charge is -2.22. The summed E-state index contributed by atoms with van der Waals surface area (Å²) in [4.78, 5) is 0. The molecule has 0 fully saturated rings.